The average Bonchev–Trinajstić information content (AvgIpc) is 3.03. The first-order valence-electron chi connectivity index (χ1n) is 7.42. The van der Waals surface area contributed by atoms with Gasteiger partial charge in [0.1, 0.15) is 0 Å². The van der Waals surface area contributed by atoms with Crippen molar-refractivity contribution in [3.8, 4) is 10.4 Å². The molecule has 3 rings (SSSR count). The molecule has 0 radical (unpaired) electrons. The zero-order chi connectivity index (χ0) is 17.4. The van der Waals surface area contributed by atoms with Gasteiger partial charge in [-0.05, 0) is 23.8 Å². The van der Waals surface area contributed by atoms with Gasteiger partial charge in [0.25, 0.3) is 5.56 Å². The van der Waals surface area contributed by atoms with E-state index in [1.807, 2.05) is 43.3 Å². The quantitative estimate of drug-likeness (QED) is 0.686. The number of aryl methyl sites for hydroxylation is 1. The molecule has 1 aromatic carbocycles. The van der Waals surface area contributed by atoms with Crippen LogP contribution in [0.5, 0.6) is 0 Å². The highest BCUT2D eigenvalue weighted by Gasteiger charge is 2.17. The van der Waals surface area contributed by atoms with Gasteiger partial charge in [0, 0.05) is 37.8 Å². The number of carbonyl (C=O) groups is 1. The molecule has 3 aromatic rings. The van der Waals surface area contributed by atoms with Gasteiger partial charge in [-0.15, -0.1) is 11.3 Å². The molecule has 0 bridgehead atoms. The summed E-state index contributed by atoms with van der Waals surface area (Å²) in [6.07, 6.45) is 0. The van der Waals surface area contributed by atoms with Crippen molar-refractivity contribution >= 4 is 33.2 Å². The second-order valence-corrected chi connectivity index (χ2v) is 6.77. The first-order valence-corrected chi connectivity index (χ1v) is 8.23. The van der Waals surface area contributed by atoms with Gasteiger partial charge in [-0.25, -0.2) is 4.79 Å². The third kappa shape index (κ3) is 2.69. The lowest BCUT2D eigenvalue weighted by molar-refractivity contribution is 0.0603. The number of rotatable bonds is 3. The van der Waals surface area contributed by atoms with Crippen LogP contribution in [0, 0.1) is 0 Å². The summed E-state index contributed by atoms with van der Waals surface area (Å²) in [7, 11) is 7.01. The number of benzene rings is 1. The monoisotopic (exact) mass is 342 g/mol. The Hall–Kier alpha value is -2.60. The maximum atomic E-state index is 12.1. The van der Waals surface area contributed by atoms with Gasteiger partial charge in [0.15, 0.2) is 0 Å². The summed E-state index contributed by atoms with van der Waals surface area (Å²) in [6.45, 7) is 0. The number of pyridine rings is 1. The molecule has 2 heterocycles. The SMILES string of the molecule is COC(=O)c1cc(=O)n(C)c2cc(-c3cccc(N(C)C)c3)sc12. The number of carbonyl (C=O) groups excluding carboxylic acids is 1. The highest BCUT2D eigenvalue weighted by Crippen LogP contribution is 2.36. The smallest absolute Gasteiger partial charge is 0.339 e. The Morgan fingerprint density at radius 2 is 1.96 bits per heavy atom. The summed E-state index contributed by atoms with van der Waals surface area (Å²) in [5.41, 5.74) is 2.96. The Kier molecular flexibility index (Phi) is 4.15. The molecule has 6 heteroatoms. The van der Waals surface area contributed by atoms with E-state index in [0.29, 0.717) is 5.56 Å². The van der Waals surface area contributed by atoms with Gasteiger partial charge in [-0.2, -0.15) is 0 Å². The van der Waals surface area contributed by atoms with Crippen molar-refractivity contribution in [1.29, 1.82) is 0 Å². The number of thiophene rings is 1. The fourth-order valence-corrected chi connectivity index (χ4v) is 3.76. The largest absolute Gasteiger partial charge is 0.465 e. The molecule has 0 unspecified atom stereocenters. The van der Waals surface area contributed by atoms with Crippen molar-refractivity contribution < 1.29 is 9.53 Å². The number of aromatic nitrogens is 1. The van der Waals surface area contributed by atoms with Gasteiger partial charge in [-0.1, -0.05) is 12.1 Å². The molecule has 2 aromatic heterocycles. The van der Waals surface area contributed by atoms with Crippen LogP contribution in [0.4, 0.5) is 5.69 Å². The van der Waals surface area contributed by atoms with Gasteiger partial charge >= 0.3 is 5.97 Å². The third-order valence-corrected chi connectivity index (χ3v) is 5.18. The molecule has 0 amide bonds. The molecule has 124 valence electrons. The van der Waals surface area contributed by atoms with Crippen molar-refractivity contribution in [2.45, 2.75) is 0 Å². The van der Waals surface area contributed by atoms with E-state index in [9.17, 15) is 9.59 Å². The first-order chi connectivity index (χ1) is 11.4. The number of hydrogen-bond donors (Lipinski definition) is 0. The normalized spacial score (nSPS) is 10.8. The maximum Gasteiger partial charge on any atom is 0.339 e. The Balaban J connectivity index is 2.25. The Morgan fingerprint density at radius 1 is 1.21 bits per heavy atom. The highest BCUT2D eigenvalue weighted by molar-refractivity contribution is 7.22. The molecule has 0 atom stereocenters. The van der Waals surface area contributed by atoms with Crippen molar-refractivity contribution in [3.05, 3.63) is 52.3 Å². The molecule has 5 nitrogen and oxygen atoms in total. The van der Waals surface area contributed by atoms with Crippen LogP contribution in [0.15, 0.2) is 41.2 Å². The van der Waals surface area contributed by atoms with E-state index >= 15 is 0 Å². The topological polar surface area (TPSA) is 51.5 Å². The van der Waals surface area contributed by atoms with Crippen LogP contribution in [0.2, 0.25) is 0 Å². The lowest BCUT2D eigenvalue weighted by Crippen LogP contribution is -2.18. The van der Waals surface area contributed by atoms with E-state index in [2.05, 4.69) is 6.07 Å². The molecule has 0 aliphatic rings. The lowest BCUT2D eigenvalue weighted by Gasteiger charge is -2.12. The molecule has 0 aliphatic carbocycles. The van der Waals surface area contributed by atoms with E-state index < -0.39 is 5.97 Å². The highest BCUT2D eigenvalue weighted by atomic mass is 32.1. The molecular formula is C18H18N2O3S. The Bertz CT molecular complexity index is 986. The summed E-state index contributed by atoms with van der Waals surface area (Å²) in [5.74, 6) is -0.492. The minimum Gasteiger partial charge on any atom is -0.465 e. The van der Waals surface area contributed by atoms with Crippen molar-refractivity contribution in [2.24, 2.45) is 7.05 Å². The van der Waals surface area contributed by atoms with Gasteiger partial charge in [-0.3, -0.25) is 4.79 Å². The van der Waals surface area contributed by atoms with Crippen LogP contribution < -0.4 is 10.5 Å². The summed E-state index contributed by atoms with van der Waals surface area (Å²) in [6, 6.07) is 11.4. The number of nitrogens with zero attached hydrogens (tertiary/aromatic N) is 2. The van der Waals surface area contributed by atoms with Crippen molar-refractivity contribution in [2.75, 3.05) is 26.1 Å². The van der Waals surface area contributed by atoms with E-state index in [0.717, 1.165) is 26.3 Å². The van der Waals surface area contributed by atoms with Crippen molar-refractivity contribution in [1.82, 2.24) is 4.57 Å². The predicted molar refractivity (Wildman–Crippen MR) is 98.2 cm³/mol. The van der Waals surface area contributed by atoms with Crippen LogP contribution in [0.1, 0.15) is 10.4 Å². The molecule has 0 spiro atoms. The maximum absolute atomic E-state index is 12.1. The third-order valence-electron chi connectivity index (χ3n) is 3.97. The summed E-state index contributed by atoms with van der Waals surface area (Å²) in [4.78, 5) is 27.2. The van der Waals surface area contributed by atoms with Crippen LogP contribution in [-0.4, -0.2) is 31.7 Å². The second kappa shape index (κ2) is 6.13. The number of ether oxygens (including phenoxy) is 1. The fourth-order valence-electron chi connectivity index (χ4n) is 2.57. The molecule has 0 fully saturated rings. The van der Waals surface area contributed by atoms with Crippen LogP contribution in [0.25, 0.3) is 20.7 Å². The zero-order valence-electron chi connectivity index (χ0n) is 14.0. The van der Waals surface area contributed by atoms with Crippen LogP contribution in [-0.2, 0) is 11.8 Å². The summed E-state index contributed by atoms with van der Waals surface area (Å²) in [5, 5.41) is 0. The van der Waals surface area contributed by atoms with Gasteiger partial charge < -0.3 is 14.2 Å². The second-order valence-electron chi connectivity index (χ2n) is 5.72. The average molecular weight is 342 g/mol. The van der Waals surface area contributed by atoms with E-state index in [1.165, 1.54) is 24.5 Å². The van der Waals surface area contributed by atoms with Gasteiger partial charge in [0.05, 0.1) is 22.9 Å². The number of anilines is 1. The number of hydrogen-bond acceptors (Lipinski definition) is 5. The Morgan fingerprint density at radius 3 is 2.62 bits per heavy atom. The Labute approximate surface area is 143 Å². The summed E-state index contributed by atoms with van der Waals surface area (Å²) < 4.78 is 7.13. The molecule has 0 saturated carbocycles. The number of methoxy groups -OCH3 is 1. The standard InChI is InChI=1S/C18H18N2O3S/c1-19(2)12-7-5-6-11(8-12)15-10-14-17(24-15)13(18(22)23-4)9-16(21)20(14)3/h5-10H,1-4H3. The molecule has 24 heavy (non-hydrogen) atoms. The van der Waals surface area contributed by atoms with E-state index in [4.69, 9.17) is 4.74 Å². The zero-order valence-corrected chi connectivity index (χ0v) is 14.8. The molecular weight excluding hydrogens is 324 g/mol. The fraction of sp³-hybridized carbons (Fsp3) is 0.222. The minimum atomic E-state index is -0.492. The first kappa shape index (κ1) is 16.3. The van der Waals surface area contributed by atoms with Crippen LogP contribution >= 0.6 is 11.3 Å². The minimum absolute atomic E-state index is 0.228. The van der Waals surface area contributed by atoms with E-state index in [-0.39, 0.29) is 5.56 Å². The van der Waals surface area contributed by atoms with Crippen molar-refractivity contribution in [3.63, 3.8) is 0 Å². The summed E-state index contributed by atoms with van der Waals surface area (Å²) >= 11 is 1.48. The van der Waals surface area contributed by atoms with E-state index in [1.54, 1.807) is 11.6 Å². The number of fused-ring (bicyclic) bond motifs is 1. The molecule has 0 saturated heterocycles. The lowest BCUT2D eigenvalue weighted by atomic mass is 10.1. The molecule has 0 N–H and O–H groups in total. The predicted octanol–water partition coefficient (Wildman–Crippen LogP) is 3.12. The molecule has 0 aliphatic heterocycles. The van der Waals surface area contributed by atoms with Crippen LogP contribution in [0.3, 0.4) is 0 Å². The number of esters is 1. The van der Waals surface area contributed by atoms with Gasteiger partial charge in [0.2, 0.25) is 0 Å².